The Morgan fingerprint density at radius 1 is 1.35 bits per heavy atom. The number of halogens is 2. The average molecular weight is 339 g/mol. The van der Waals surface area contributed by atoms with Crippen LogP contribution in [0.1, 0.15) is 16.1 Å². The number of rotatable bonds is 5. The molecule has 0 aliphatic heterocycles. The molecule has 0 bridgehead atoms. The van der Waals surface area contributed by atoms with Crippen LogP contribution in [0, 0.1) is 12.7 Å². The summed E-state index contributed by atoms with van der Waals surface area (Å²) < 4.78 is 19.5. The smallest absolute Gasteiger partial charge is 0.254 e. The van der Waals surface area contributed by atoms with E-state index in [4.69, 9.17) is 16.3 Å². The number of aromatic nitrogens is 1. The number of carbonyl (C=O) groups is 1. The van der Waals surface area contributed by atoms with E-state index < -0.39 is 11.7 Å². The number of aryl methyl sites for hydroxylation is 1. The van der Waals surface area contributed by atoms with Crippen LogP contribution in [-0.4, -0.2) is 24.1 Å². The van der Waals surface area contributed by atoms with E-state index in [2.05, 4.69) is 5.32 Å². The van der Waals surface area contributed by atoms with Crippen LogP contribution in [0.2, 0.25) is 5.02 Å². The lowest BCUT2D eigenvalue weighted by atomic mass is 10.2. The average Bonchev–Trinajstić information content (AvgIpc) is 2.49. The van der Waals surface area contributed by atoms with Gasteiger partial charge in [0.1, 0.15) is 11.6 Å². The van der Waals surface area contributed by atoms with Crippen molar-refractivity contribution in [2.45, 2.75) is 13.5 Å². The van der Waals surface area contributed by atoms with Gasteiger partial charge in [-0.05, 0) is 31.2 Å². The Morgan fingerprint density at radius 3 is 2.70 bits per heavy atom. The van der Waals surface area contributed by atoms with Gasteiger partial charge in [0.05, 0.1) is 17.7 Å². The number of methoxy groups -OCH3 is 1. The zero-order valence-corrected chi connectivity index (χ0v) is 13.5. The van der Waals surface area contributed by atoms with E-state index >= 15 is 0 Å². The van der Waals surface area contributed by atoms with Crippen LogP contribution >= 0.6 is 11.6 Å². The standard InChI is InChI=1S/C16H16ClFN2O3/c1-10-7-12(23-2)9-15(21)20(10)6-5-19-16(22)13-4-3-11(18)8-14(13)17/h3-4,7-9H,5-6H2,1-2H3,(H,19,22). The molecule has 1 aromatic carbocycles. The lowest BCUT2D eigenvalue weighted by Crippen LogP contribution is -2.31. The molecule has 0 aliphatic rings. The monoisotopic (exact) mass is 338 g/mol. The van der Waals surface area contributed by atoms with Gasteiger partial charge >= 0.3 is 0 Å². The lowest BCUT2D eigenvalue weighted by molar-refractivity contribution is 0.0952. The minimum absolute atomic E-state index is 0.0419. The number of pyridine rings is 1. The summed E-state index contributed by atoms with van der Waals surface area (Å²) in [5.74, 6) is -0.438. The summed E-state index contributed by atoms with van der Waals surface area (Å²) in [6.45, 7) is 2.32. The number of nitrogens with one attached hydrogen (secondary N) is 1. The van der Waals surface area contributed by atoms with Gasteiger partial charge in [-0.2, -0.15) is 0 Å². The highest BCUT2D eigenvalue weighted by molar-refractivity contribution is 6.33. The van der Waals surface area contributed by atoms with E-state index in [0.29, 0.717) is 12.3 Å². The van der Waals surface area contributed by atoms with Crippen LogP contribution in [0.5, 0.6) is 5.75 Å². The number of hydrogen-bond acceptors (Lipinski definition) is 3. The van der Waals surface area contributed by atoms with E-state index in [9.17, 15) is 14.0 Å². The van der Waals surface area contributed by atoms with Crippen molar-refractivity contribution in [1.29, 1.82) is 0 Å². The number of amides is 1. The number of carbonyl (C=O) groups excluding carboxylic acids is 1. The van der Waals surface area contributed by atoms with Gasteiger partial charge < -0.3 is 14.6 Å². The Hall–Kier alpha value is -2.34. The molecule has 0 fully saturated rings. The van der Waals surface area contributed by atoms with Crippen molar-refractivity contribution in [3.8, 4) is 5.75 Å². The van der Waals surface area contributed by atoms with Gasteiger partial charge in [0.25, 0.3) is 11.5 Å². The molecular formula is C16H16ClFN2O3. The number of nitrogens with zero attached hydrogens (tertiary/aromatic N) is 1. The van der Waals surface area contributed by atoms with Gasteiger partial charge in [0.2, 0.25) is 0 Å². The minimum atomic E-state index is -0.507. The predicted molar refractivity (Wildman–Crippen MR) is 85.7 cm³/mol. The topological polar surface area (TPSA) is 60.3 Å². The molecule has 0 spiro atoms. The molecule has 122 valence electrons. The van der Waals surface area contributed by atoms with E-state index in [0.717, 1.165) is 11.8 Å². The predicted octanol–water partition coefficient (Wildman–Crippen LogP) is 2.39. The number of ether oxygens (including phenoxy) is 1. The van der Waals surface area contributed by atoms with Gasteiger partial charge in [-0.1, -0.05) is 11.6 Å². The lowest BCUT2D eigenvalue weighted by Gasteiger charge is -2.12. The first-order valence-corrected chi connectivity index (χ1v) is 7.29. The Kier molecular flexibility index (Phi) is 5.39. The van der Waals surface area contributed by atoms with E-state index in [-0.39, 0.29) is 22.7 Å². The third-order valence-electron chi connectivity index (χ3n) is 3.34. The quantitative estimate of drug-likeness (QED) is 0.910. The fourth-order valence-corrected chi connectivity index (χ4v) is 2.41. The zero-order valence-electron chi connectivity index (χ0n) is 12.7. The molecule has 23 heavy (non-hydrogen) atoms. The summed E-state index contributed by atoms with van der Waals surface area (Å²) in [5, 5.41) is 2.70. The molecular weight excluding hydrogens is 323 g/mol. The molecule has 0 radical (unpaired) electrons. The van der Waals surface area contributed by atoms with Crippen LogP contribution in [-0.2, 0) is 6.54 Å². The van der Waals surface area contributed by atoms with Gasteiger partial charge in [0.15, 0.2) is 0 Å². The Labute approximate surface area is 137 Å². The molecule has 1 heterocycles. The summed E-state index contributed by atoms with van der Waals surface area (Å²) in [6.07, 6.45) is 0. The molecule has 0 aliphatic carbocycles. The summed E-state index contributed by atoms with van der Waals surface area (Å²) in [5.41, 5.74) is 0.700. The van der Waals surface area contributed by atoms with Crippen molar-refractivity contribution in [1.82, 2.24) is 9.88 Å². The first-order valence-electron chi connectivity index (χ1n) is 6.91. The van der Waals surface area contributed by atoms with Gasteiger partial charge in [-0.3, -0.25) is 9.59 Å². The second-order valence-electron chi connectivity index (χ2n) is 4.91. The number of hydrogen-bond donors (Lipinski definition) is 1. The summed E-state index contributed by atoms with van der Waals surface area (Å²) in [4.78, 5) is 24.0. The second kappa shape index (κ2) is 7.28. The fourth-order valence-electron chi connectivity index (χ4n) is 2.15. The summed E-state index contributed by atoms with van der Waals surface area (Å²) in [6, 6.07) is 6.68. The zero-order chi connectivity index (χ0) is 17.0. The summed E-state index contributed by atoms with van der Waals surface area (Å²) in [7, 11) is 1.49. The largest absolute Gasteiger partial charge is 0.496 e. The molecule has 1 amide bonds. The highest BCUT2D eigenvalue weighted by Crippen LogP contribution is 2.17. The van der Waals surface area contributed by atoms with Crippen LogP contribution in [0.25, 0.3) is 0 Å². The van der Waals surface area contributed by atoms with Crippen molar-refractivity contribution in [3.63, 3.8) is 0 Å². The third-order valence-corrected chi connectivity index (χ3v) is 3.65. The molecule has 0 unspecified atom stereocenters. The maximum atomic E-state index is 13.0. The normalized spacial score (nSPS) is 10.4. The molecule has 7 heteroatoms. The first-order chi connectivity index (χ1) is 10.9. The molecule has 2 aromatic rings. The Morgan fingerprint density at radius 2 is 2.09 bits per heavy atom. The second-order valence-corrected chi connectivity index (χ2v) is 5.31. The molecule has 1 N–H and O–H groups in total. The minimum Gasteiger partial charge on any atom is -0.496 e. The Bertz CT molecular complexity index is 789. The molecule has 0 saturated heterocycles. The molecule has 0 atom stereocenters. The SMILES string of the molecule is COc1cc(C)n(CCNC(=O)c2ccc(F)cc2Cl)c(=O)c1. The van der Waals surface area contributed by atoms with Gasteiger partial charge in [-0.25, -0.2) is 4.39 Å². The van der Waals surface area contributed by atoms with Crippen LogP contribution in [0.4, 0.5) is 4.39 Å². The van der Waals surface area contributed by atoms with Crippen LogP contribution in [0.3, 0.4) is 0 Å². The van der Waals surface area contributed by atoms with Crippen molar-refractivity contribution in [2.24, 2.45) is 0 Å². The van der Waals surface area contributed by atoms with Crippen LogP contribution in [0.15, 0.2) is 35.1 Å². The van der Waals surface area contributed by atoms with Crippen molar-refractivity contribution < 1.29 is 13.9 Å². The third kappa shape index (κ3) is 4.10. The van der Waals surface area contributed by atoms with E-state index in [1.807, 2.05) is 0 Å². The van der Waals surface area contributed by atoms with Crippen molar-refractivity contribution >= 4 is 17.5 Å². The van der Waals surface area contributed by atoms with Crippen molar-refractivity contribution in [3.05, 3.63) is 62.8 Å². The highest BCUT2D eigenvalue weighted by Gasteiger charge is 2.11. The molecule has 0 saturated carbocycles. The summed E-state index contributed by atoms with van der Waals surface area (Å²) >= 11 is 5.83. The van der Waals surface area contributed by atoms with E-state index in [1.54, 1.807) is 13.0 Å². The Balaban J connectivity index is 2.02. The molecule has 2 rings (SSSR count). The number of benzene rings is 1. The van der Waals surface area contributed by atoms with Gasteiger partial charge in [-0.15, -0.1) is 0 Å². The maximum absolute atomic E-state index is 13.0. The van der Waals surface area contributed by atoms with Crippen molar-refractivity contribution in [2.75, 3.05) is 13.7 Å². The van der Waals surface area contributed by atoms with Gasteiger partial charge in [0, 0.05) is 24.8 Å². The molecule has 1 aromatic heterocycles. The maximum Gasteiger partial charge on any atom is 0.254 e. The fraction of sp³-hybridized carbons (Fsp3) is 0.250. The molecule has 5 nitrogen and oxygen atoms in total. The first kappa shape index (κ1) is 17.0. The highest BCUT2D eigenvalue weighted by atomic mass is 35.5. The van der Waals surface area contributed by atoms with Crippen LogP contribution < -0.4 is 15.6 Å². The van der Waals surface area contributed by atoms with E-state index in [1.165, 1.54) is 29.9 Å².